The van der Waals surface area contributed by atoms with E-state index in [4.69, 9.17) is 0 Å². The molecule has 2 fully saturated rings. The molecular weight excluding hydrogens is 356 g/mol. The second kappa shape index (κ2) is 8.20. The minimum absolute atomic E-state index is 0.263. The molecular formula is C21H30N4O3. The van der Waals surface area contributed by atoms with E-state index in [9.17, 15) is 14.4 Å². The number of benzene rings is 1. The number of urea groups is 1. The molecule has 1 aromatic rings. The number of hydrogen-bond donors (Lipinski definition) is 2. The van der Waals surface area contributed by atoms with Gasteiger partial charge in [-0.15, -0.1) is 0 Å². The lowest BCUT2D eigenvalue weighted by molar-refractivity contribution is -0.134. The summed E-state index contributed by atoms with van der Waals surface area (Å²) in [5, 5.41) is 5.61. The van der Waals surface area contributed by atoms with Crippen molar-refractivity contribution in [2.75, 3.05) is 23.3 Å². The Hall–Kier alpha value is -2.57. The SMILES string of the molecule is CCN(c1ccc(NC(=O)CN2C(=O)NC3(CCCCC3)C2=O)cc1)C(C)C. The Balaban J connectivity index is 1.61. The molecule has 1 aromatic carbocycles. The van der Waals surface area contributed by atoms with E-state index in [1.54, 1.807) is 0 Å². The van der Waals surface area contributed by atoms with Crippen molar-refractivity contribution in [3.8, 4) is 0 Å². The molecule has 2 aliphatic rings. The number of carbonyl (C=O) groups is 3. The Bertz CT molecular complexity index is 739. The fourth-order valence-electron chi connectivity index (χ4n) is 4.24. The molecule has 1 spiro atoms. The van der Waals surface area contributed by atoms with E-state index < -0.39 is 11.6 Å². The van der Waals surface area contributed by atoms with Crippen LogP contribution >= 0.6 is 0 Å². The highest BCUT2D eigenvalue weighted by atomic mass is 16.2. The standard InChI is InChI=1S/C21H30N4O3/c1-4-24(15(2)3)17-10-8-16(9-11-17)22-18(26)14-25-19(27)21(23-20(25)28)12-6-5-7-13-21/h8-11,15H,4-7,12-14H2,1-3H3,(H,22,26)(H,23,28). The van der Waals surface area contributed by atoms with Crippen LogP contribution in [-0.4, -0.2) is 47.4 Å². The molecule has 0 radical (unpaired) electrons. The Morgan fingerprint density at radius 1 is 1.18 bits per heavy atom. The highest BCUT2D eigenvalue weighted by Gasteiger charge is 2.51. The fourth-order valence-corrected chi connectivity index (χ4v) is 4.24. The van der Waals surface area contributed by atoms with Gasteiger partial charge < -0.3 is 15.5 Å². The third-order valence-corrected chi connectivity index (χ3v) is 5.70. The highest BCUT2D eigenvalue weighted by molar-refractivity contribution is 6.10. The van der Waals surface area contributed by atoms with E-state index in [1.807, 2.05) is 24.3 Å². The molecule has 7 nitrogen and oxygen atoms in total. The van der Waals surface area contributed by atoms with Crippen LogP contribution < -0.4 is 15.5 Å². The normalized spacial score (nSPS) is 18.5. The molecule has 1 aliphatic carbocycles. The summed E-state index contributed by atoms with van der Waals surface area (Å²) in [5.74, 6) is -0.640. The van der Waals surface area contributed by atoms with Crippen molar-refractivity contribution in [3.05, 3.63) is 24.3 Å². The summed E-state index contributed by atoms with van der Waals surface area (Å²) in [6.45, 7) is 7.01. The van der Waals surface area contributed by atoms with Gasteiger partial charge in [-0.25, -0.2) is 4.79 Å². The van der Waals surface area contributed by atoms with Gasteiger partial charge >= 0.3 is 6.03 Å². The van der Waals surface area contributed by atoms with Crippen LogP contribution in [0.5, 0.6) is 0 Å². The number of nitrogens with zero attached hydrogens (tertiary/aromatic N) is 2. The van der Waals surface area contributed by atoms with Gasteiger partial charge in [0.05, 0.1) is 0 Å². The van der Waals surface area contributed by atoms with Gasteiger partial charge in [-0.05, 0) is 57.9 Å². The topological polar surface area (TPSA) is 81.8 Å². The summed E-state index contributed by atoms with van der Waals surface area (Å²) < 4.78 is 0. The summed E-state index contributed by atoms with van der Waals surface area (Å²) >= 11 is 0. The molecule has 1 saturated carbocycles. The van der Waals surface area contributed by atoms with Crippen LogP contribution in [0.25, 0.3) is 0 Å². The summed E-state index contributed by atoms with van der Waals surface area (Å²) in [6, 6.07) is 7.53. The van der Waals surface area contributed by atoms with E-state index in [0.717, 1.165) is 36.4 Å². The third kappa shape index (κ3) is 3.98. The lowest BCUT2D eigenvalue weighted by Crippen LogP contribution is -2.48. The van der Waals surface area contributed by atoms with Gasteiger partial charge in [0.15, 0.2) is 0 Å². The first-order chi connectivity index (χ1) is 13.4. The van der Waals surface area contributed by atoms with Gasteiger partial charge in [-0.3, -0.25) is 14.5 Å². The Morgan fingerprint density at radius 2 is 1.82 bits per heavy atom. The van der Waals surface area contributed by atoms with Crippen molar-refractivity contribution in [2.45, 2.75) is 64.5 Å². The maximum absolute atomic E-state index is 12.8. The Kier molecular flexibility index (Phi) is 5.91. The molecule has 0 aromatic heterocycles. The first-order valence-corrected chi connectivity index (χ1v) is 10.2. The van der Waals surface area contributed by atoms with Gasteiger partial charge in [0.1, 0.15) is 12.1 Å². The van der Waals surface area contributed by atoms with E-state index >= 15 is 0 Å². The molecule has 4 amide bonds. The lowest BCUT2D eigenvalue weighted by Gasteiger charge is -2.30. The van der Waals surface area contributed by atoms with Crippen molar-refractivity contribution in [2.24, 2.45) is 0 Å². The van der Waals surface area contributed by atoms with Crippen molar-refractivity contribution in [3.63, 3.8) is 0 Å². The van der Waals surface area contributed by atoms with Crippen LogP contribution in [0.3, 0.4) is 0 Å². The molecule has 28 heavy (non-hydrogen) atoms. The maximum Gasteiger partial charge on any atom is 0.325 e. The average molecular weight is 386 g/mol. The number of hydrogen-bond acceptors (Lipinski definition) is 4. The number of rotatable bonds is 6. The van der Waals surface area contributed by atoms with Gasteiger partial charge in [-0.2, -0.15) is 0 Å². The van der Waals surface area contributed by atoms with Gasteiger partial charge in [0.2, 0.25) is 5.91 Å². The summed E-state index contributed by atoms with van der Waals surface area (Å²) in [6.07, 6.45) is 4.22. The van der Waals surface area contributed by atoms with Crippen LogP contribution in [-0.2, 0) is 9.59 Å². The summed E-state index contributed by atoms with van der Waals surface area (Å²) in [4.78, 5) is 40.7. The van der Waals surface area contributed by atoms with Gasteiger partial charge in [-0.1, -0.05) is 19.3 Å². The van der Waals surface area contributed by atoms with Crippen LogP contribution in [0.2, 0.25) is 0 Å². The molecule has 1 saturated heterocycles. The van der Waals surface area contributed by atoms with Gasteiger partial charge in [0, 0.05) is 24.0 Å². The van der Waals surface area contributed by atoms with Crippen molar-refractivity contribution < 1.29 is 14.4 Å². The highest BCUT2D eigenvalue weighted by Crippen LogP contribution is 2.33. The zero-order valence-electron chi connectivity index (χ0n) is 17.0. The quantitative estimate of drug-likeness (QED) is 0.736. The van der Waals surface area contributed by atoms with Crippen molar-refractivity contribution >= 4 is 29.2 Å². The van der Waals surface area contributed by atoms with E-state index in [-0.39, 0.29) is 18.4 Å². The van der Waals surface area contributed by atoms with E-state index in [2.05, 4.69) is 36.3 Å². The predicted molar refractivity (Wildman–Crippen MR) is 109 cm³/mol. The molecule has 0 atom stereocenters. The Morgan fingerprint density at radius 3 is 2.39 bits per heavy atom. The van der Waals surface area contributed by atoms with Gasteiger partial charge in [0.25, 0.3) is 5.91 Å². The second-order valence-electron chi connectivity index (χ2n) is 7.94. The first kappa shape index (κ1) is 20.2. The number of amides is 4. The Labute approximate surface area is 166 Å². The molecule has 3 rings (SSSR count). The van der Waals surface area contributed by atoms with E-state index in [0.29, 0.717) is 24.6 Å². The molecule has 1 heterocycles. The second-order valence-corrected chi connectivity index (χ2v) is 7.94. The monoisotopic (exact) mass is 386 g/mol. The van der Waals surface area contributed by atoms with Crippen LogP contribution in [0.4, 0.5) is 16.2 Å². The maximum atomic E-state index is 12.8. The molecule has 7 heteroatoms. The molecule has 1 aliphatic heterocycles. The molecule has 0 unspecified atom stereocenters. The van der Waals surface area contributed by atoms with Crippen LogP contribution in [0.15, 0.2) is 24.3 Å². The summed E-state index contributed by atoms with van der Waals surface area (Å²) in [5.41, 5.74) is 0.939. The van der Waals surface area contributed by atoms with E-state index in [1.165, 1.54) is 0 Å². The number of nitrogens with one attached hydrogen (secondary N) is 2. The number of carbonyl (C=O) groups excluding carboxylic acids is 3. The minimum Gasteiger partial charge on any atom is -0.369 e. The zero-order valence-corrected chi connectivity index (χ0v) is 17.0. The average Bonchev–Trinajstić information content (AvgIpc) is 2.88. The predicted octanol–water partition coefficient (Wildman–Crippen LogP) is 3.11. The van der Waals surface area contributed by atoms with Crippen molar-refractivity contribution in [1.82, 2.24) is 10.2 Å². The number of anilines is 2. The fraction of sp³-hybridized carbons (Fsp3) is 0.571. The van der Waals surface area contributed by atoms with Crippen LogP contribution in [0, 0.1) is 0 Å². The van der Waals surface area contributed by atoms with Crippen molar-refractivity contribution in [1.29, 1.82) is 0 Å². The zero-order chi connectivity index (χ0) is 20.3. The third-order valence-electron chi connectivity index (χ3n) is 5.70. The number of imide groups is 1. The largest absolute Gasteiger partial charge is 0.369 e. The first-order valence-electron chi connectivity index (χ1n) is 10.2. The lowest BCUT2D eigenvalue weighted by atomic mass is 9.82. The summed E-state index contributed by atoms with van der Waals surface area (Å²) in [7, 11) is 0. The molecule has 152 valence electrons. The minimum atomic E-state index is -0.794. The molecule has 0 bridgehead atoms. The van der Waals surface area contributed by atoms with Crippen LogP contribution in [0.1, 0.15) is 52.9 Å². The smallest absolute Gasteiger partial charge is 0.325 e. The molecule has 2 N–H and O–H groups in total.